The summed E-state index contributed by atoms with van der Waals surface area (Å²) in [5.41, 5.74) is 1.47. The topological polar surface area (TPSA) is 111 Å². The van der Waals surface area contributed by atoms with Gasteiger partial charge in [0.1, 0.15) is 18.2 Å². The molecule has 7 heteroatoms. The first-order valence-electron chi connectivity index (χ1n) is 8.87. The van der Waals surface area contributed by atoms with Crippen LogP contribution in [0.5, 0.6) is 11.5 Å². The Labute approximate surface area is 169 Å². The highest BCUT2D eigenvalue weighted by molar-refractivity contribution is 6.01. The molecule has 0 aromatic heterocycles. The molecule has 2 rings (SSSR count). The summed E-state index contributed by atoms with van der Waals surface area (Å²) in [5, 5.41) is 22.7. The number of nitrogens with zero attached hydrogens (tertiary/aromatic N) is 1. The summed E-state index contributed by atoms with van der Waals surface area (Å²) in [6.45, 7) is 3.83. The van der Waals surface area contributed by atoms with Gasteiger partial charge in [-0.3, -0.25) is 4.79 Å². The van der Waals surface area contributed by atoms with Gasteiger partial charge in [0.15, 0.2) is 11.5 Å². The van der Waals surface area contributed by atoms with Gasteiger partial charge in [0.25, 0.3) is 5.91 Å². The quantitative estimate of drug-likeness (QED) is 0.543. The van der Waals surface area contributed by atoms with Gasteiger partial charge >= 0.3 is 0 Å². The summed E-state index contributed by atoms with van der Waals surface area (Å²) < 4.78 is 11.1. The van der Waals surface area contributed by atoms with Crippen molar-refractivity contribution in [3.63, 3.8) is 0 Å². The van der Waals surface area contributed by atoms with Crippen LogP contribution in [0, 0.1) is 11.3 Å². The van der Waals surface area contributed by atoms with Gasteiger partial charge in [0.05, 0.1) is 13.1 Å². The Morgan fingerprint density at radius 1 is 1.17 bits per heavy atom. The lowest BCUT2D eigenvalue weighted by molar-refractivity contribution is -0.255. The number of carboxylic acids is 1. The van der Waals surface area contributed by atoms with Crippen LogP contribution in [0.1, 0.15) is 35.3 Å². The molecular weight excluding hydrogens is 372 g/mol. The number of amides is 1. The smallest absolute Gasteiger partial charge is 0.262 e. The summed E-state index contributed by atoms with van der Waals surface area (Å²) in [4.78, 5) is 22.8. The van der Waals surface area contributed by atoms with Crippen molar-refractivity contribution in [3.05, 3.63) is 64.7 Å². The van der Waals surface area contributed by atoms with Crippen molar-refractivity contribution in [2.24, 2.45) is 0 Å². The summed E-state index contributed by atoms with van der Waals surface area (Å²) in [6, 6.07) is 13.0. The van der Waals surface area contributed by atoms with Gasteiger partial charge in [0, 0.05) is 6.04 Å². The Balaban J connectivity index is 2.15. The molecule has 0 saturated heterocycles. The summed E-state index contributed by atoms with van der Waals surface area (Å²) >= 11 is 0. The van der Waals surface area contributed by atoms with Crippen LogP contribution in [0.2, 0.25) is 0 Å². The molecule has 2 aromatic carbocycles. The lowest BCUT2D eigenvalue weighted by Gasteiger charge is -2.12. The zero-order valence-corrected chi connectivity index (χ0v) is 16.4. The number of carboxylic acid groups (broad SMARTS) is 1. The molecule has 7 nitrogen and oxygen atoms in total. The first-order valence-corrected chi connectivity index (χ1v) is 8.87. The first kappa shape index (κ1) is 21.5. The second-order valence-corrected chi connectivity index (χ2v) is 6.48. The van der Waals surface area contributed by atoms with Gasteiger partial charge in [-0.25, -0.2) is 0 Å². The fourth-order valence-corrected chi connectivity index (χ4v) is 2.45. The van der Waals surface area contributed by atoms with E-state index in [0.29, 0.717) is 17.1 Å². The minimum Gasteiger partial charge on any atom is -0.545 e. The Kier molecular flexibility index (Phi) is 7.38. The lowest BCUT2D eigenvalue weighted by atomic mass is 10.1. The predicted octanol–water partition coefficient (Wildman–Crippen LogP) is 2.07. The Morgan fingerprint density at radius 3 is 2.41 bits per heavy atom. The van der Waals surface area contributed by atoms with Crippen LogP contribution < -0.4 is 19.9 Å². The van der Waals surface area contributed by atoms with Crippen molar-refractivity contribution in [1.82, 2.24) is 5.32 Å². The molecule has 0 atom stereocenters. The van der Waals surface area contributed by atoms with Crippen LogP contribution in [0.4, 0.5) is 0 Å². The molecule has 0 aliphatic rings. The van der Waals surface area contributed by atoms with Crippen LogP contribution in [-0.4, -0.2) is 25.0 Å². The van der Waals surface area contributed by atoms with Crippen LogP contribution in [-0.2, 0) is 11.4 Å². The van der Waals surface area contributed by atoms with Gasteiger partial charge in [-0.05, 0) is 48.7 Å². The van der Waals surface area contributed by atoms with Crippen molar-refractivity contribution in [1.29, 1.82) is 5.26 Å². The second-order valence-electron chi connectivity index (χ2n) is 6.48. The molecule has 0 fully saturated rings. The Bertz CT molecular complexity index is 956. The van der Waals surface area contributed by atoms with Crippen molar-refractivity contribution >= 4 is 18.0 Å². The van der Waals surface area contributed by atoms with E-state index in [2.05, 4.69) is 5.32 Å². The van der Waals surface area contributed by atoms with Crippen molar-refractivity contribution < 1.29 is 24.2 Å². The maximum Gasteiger partial charge on any atom is 0.262 e. The Morgan fingerprint density at radius 2 is 1.86 bits per heavy atom. The molecule has 0 unspecified atom stereocenters. The van der Waals surface area contributed by atoms with Gasteiger partial charge in [-0.1, -0.05) is 30.3 Å². The normalized spacial score (nSPS) is 10.9. The van der Waals surface area contributed by atoms with E-state index in [4.69, 9.17) is 9.47 Å². The molecule has 0 aliphatic carbocycles. The minimum absolute atomic E-state index is 0.0116. The number of hydrogen-bond donors (Lipinski definition) is 1. The molecule has 2 aromatic rings. The van der Waals surface area contributed by atoms with E-state index in [1.54, 1.807) is 30.3 Å². The summed E-state index contributed by atoms with van der Waals surface area (Å²) in [7, 11) is 1.49. The number of hydrogen-bond acceptors (Lipinski definition) is 6. The zero-order chi connectivity index (χ0) is 21.4. The molecule has 0 radical (unpaired) electrons. The molecule has 1 N–H and O–H groups in total. The number of nitriles is 1. The molecule has 150 valence electrons. The summed E-state index contributed by atoms with van der Waals surface area (Å²) in [5.74, 6) is -0.770. The first-order chi connectivity index (χ1) is 13.8. The van der Waals surface area contributed by atoms with E-state index in [1.165, 1.54) is 25.3 Å². The van der Waals surface area contributed by atoms with Gasteiger partial charge in [0.2, 0.25) is 0 Å². The molecular formula is C22H21N2O5-. The average Bonchev–Trinajstić information content (AvgIpc) is 2.70. The van der Waals surface area contributed by atoms with Crippen LogP contribution in [0.3, 0.4) is 0 Å². The molecule has 0 heterocycles. The predicted molar refractivity (Wildman–Crippen MR) is 105 cm³/mol. The van der Waals surface area contributed by atoms with Crippen LogP contribution >= 0.6 is 0 Å². The fraction of sp³-hybridized carbons (Fsp3) is 0.227. The van der Waals surface area contributed by atoms with E-state index in [-0.39, 0.29) is 23.8 Å². The molecule has 0 aliphatic heterocycles. The van der Waals surface area contributed by atoms with E-state index in [9.17, 15) is 20.0 Å². The highest BCUT2D eigenvalue weighted by Gasteiger charge is 2.11. The second kappa shape index (κ2) is 9.95. The van der Waals surface area contributed by atoms with Crippen LogP contribution in [0.15, 0.2) is 48.0 Å². The van der Waals surface area contributed by atoms with E-state index in [0.717, 1.165) is 5.56 Å². The number of carbonyl (C=O) groups is 2. The SMILES string of the molecule is COc1cc(/C=C(\C#N)C(=O)NC(C)C)ccc1OCc1ccc(C(=O)[O-])cc1. The lowest BCUT2D eigenvalue weighted by Crippen LogP contribution is -2.30. The number of rotatable bonds is 8. The largest absolute Gasteiger partial charge is 0.545 e. The third-order valence-electron chi connectivity index (χ3n) is 3.87. The molecule has 29 heavy (non-hydrogen) atoms. The number of methoxy groups -OCH3 is 1. The highest BCUT2D eigenvalue weighted by atomic mass is 16.5. The fourth-order valence-electron chi connectivity index (χ4n) is 2.45. The van der Waals surface area contributed by atoms with Crippen molar-refractivity contribution in [3.8, 4) is 17.6 Å². The van der Waals surface area contributed by atoms with Gasteiger partial charge in [-0.2, -0.15) is 5.26 Å². The van der Waals surface area contributed by atoms with Crippen molar-refractivity contribution in [2.45, 2.75) is 26.5 Å². The zero-order valence-electron chi connectivity index (χ0n) is 16.4. The van der Waals surface area contributed by atoms with Crippen molar-refractivity contribution in [2.75, 3.05) is 7.11 Å². The maximum absolute atomic E-state index is 12.0. The van der Waals surface area contributed by atoms with Gasteiger partial charge in [-0.15, -0.1) is 0 Å². The maximum atomic E-state index is 12.0. The minimum atomic E-state index is -1.23. The molecule has 1 amide bonds. The number of ether oxygens (including phenoxy) is 2. The number of nitrogens with one attached hydrogen (secondary N) is 1. The highest BCUT2D eigenvalue weighted by Crippen LogP contribution is 2.29. The molecule has 0 spiro atoms. The van der Waals surface area contributed by atoms with E-state index < -0.39 is 11.9 Å². The number of aromatic carboxylic acids is 1. The summed E-state index contributed by atoms with van der Waals surface area (Å²) in [6.07, 6.45) is 1.47. The molecule has 0 saturated carbocycles. The molecule has 0 bridgehead atoms. The third kappa shape index (κ3) is 6.11. The van der Waals surface area contributed by atoms with E-state index >= 15 is 0 Å². The van der Waals surface area contributed by atoms with Crippen LogP contribution in [0.25, 0.3) is 6.08 Å². The Hall–Kier alpha value is -3.79. The average molecular weight is 393 g/mol. The number of benzene rings is 2. The standard InChI is InChI=1S/C22H22N2O5/c1-14(2)24-21(25)18(12-23)10-16-6-9-19(20(11-16)28-3)29-13-15-4-7-17(8-5-15)22(26)27/h4-11,14H,13H2,1-3H3,(H,24,25)(H,26,27)/p-1/b18-10+. The third-order valence-corrected chi connectivity index (χ3v) is 3.87. The van der Waals surface area contributed by atoms with Gasteiger partial charge < -0.3 is 24.7 Å². The monoisotopic (exact) mass is 393 g/mol. The van der Waals surface area contributed by atoms with E-state index in [1.807, 2.05) is 19.9 Å². The number of carbonyl (C=O) groups excluding carboxylic acids is 2.